The summed E-state index contributed by atoms with van der Waals surface area (Å²) in [6.07, 6.45) is 4.46. The second-order valence-electron chi connectivity index (χ2n) is 7.61. The molecule has 0 radical (unpaired) electrons. The summed E-state index contributed by atoms with van der Waals surface area (Å²) in [5.41, 5.74) is 4.03. The van der Waals surface area contributed by atoms with E-state index in [9.17, 15) is 0 Å². The SMILES string of the molecule is CCNC(=NCCc1cc(C)cc(C)c1)NC1CCN(CCCOC)CC1. The van der Waals surface area contributed by atoms with E-state index in [0.717, 1.165) is 58.1 Å². The molecule has 2 N–H and O–H groups in total. The molecule has 0 saturated carbocycles. The van der Waals surface area contributed by atoms with Gasteiger partial charge in [0.25, 0.3) is 0 Å². The highest BCUT2D eigenvalue weighted by Crippen LogP contribution is 2.11. The van der Waals surface area contributed by atoms with Gasteiger partial charge in [-0.2, -0.15) is 0 Å². The average molecular weight is 375 g/mol. The molecule has 1 aliphatic heterocycles. The molecular weight excluding hydrogens is 336 g/mol. The van der Waals surface area contributed by atoms with Crippen LogP contribution in [-0.2, 0) is 11.2 Å². The predicted octanol–water partition coefficient (Wildman–Crippen LogP) is 2.90. The first kappa shape index (κ1) is 21.7. The zero-order valence-electron chi connectivity index (χ0n) is 17.7. The summed E-state index contributed by atoms with van der Waals surface area (Å²) < 4.78 is 5.15. The fraction of sp³-hybridized carbons (Fsp3) is 0.682. The van der Waals surface area contributed by atoms with Gasteiger partial charge in [-0.15, -0.1) is 0 Å². The van der Waals surface area contributed by atoms with Gasteiger partial charge < -0.3 is 20.3 Å². The highest BCUT2D eigenvalue weighted by molar-refractivity contribution is 5.80. The maximum atomic E-state index is 5.15. The van der Waals surface area contributed by atoms with Gasteiger partial charge in [-0.1, -0.05) is 29.3 Å². The molecule has 0 atom stereocenters. The van der Waals surface area contributed by atoms with E-state index in [1.165, 1.54) is 29.5 Å². The molecule has 5 nitrogen and oxygen atoms in total. The number of nitrogens with zero attached hydrogens (tertiary/aromatic N) is 2. The topological polar surface area (TPSA) is 48.9 Å². The number of ether oxygens (including phenoxy) is 1. The number of likely N-dealkylation sites (tertiary alicyclic amines) is 1. The number of hydrogen-bond acceptors (Lipinski definition) is 3. The van der Waals surface area contributed by atoms with Crippen LogP contribution in [0.5, 0.6) is 0 Å². The molecule has 0 spiro atoms. The van der Waals surface area contributed by atoms with E-state index in [0.29, 0.717) is 6.04 Å². The Kier molecular flexibility index (Phi) is 9.64. The van der Waals surface area contributed by atoms with Crippen LogP contribution in [0.15, 0.2) is 23.2 Å². The van der Waals surface area contributed by atoms with E-state index in [1.807, 2.05) is 0 Å². The van der Waals surface area contributed by atoms with Gasteiger partial charge in [-0.25, -0.2) is 0 Å². The largest absolute Gasteiger partial charge is 0.385 e. The van der Waals surface area contributed by atoms with Gasteiger partial charge in [0.1, 0.15) is 0 Å². The van der Waals surface area contributed by atoms with Crippen molar-refractivity contribution in [2.75, 3.05) is 46.4 Å². The molecule has 1 aromatic rings. The van der Waals surface area contributed by atoms with Crippen LogP contribution in [0, 0.1) is 13.8 Å². The maximum Gasteiger partial charge on any atom is 0.191 e. The fourth-order valence-electron chi connectivity index (χ4n) is 3.76. The molecule has 1 aliphatic rings. The van der Waals surface area contributed by atoms with Crippen molar-refractivity contribution in [2.45, 2.75) is 52.5 Å². The first-order valence-electron chi connectivity index (χ1n) is 10.4. The normalized spacial score (nSPS) is 16.5. The lowest BCUT2D eigenvalue weighted by atomic mass is 10.0. The molecular formula is C22H38N4O. The number of piperidine rings is 1. The Bertz CT molecular complexity index is 559. The monoisotopic (exact) mass is 374 g/mol. The van der Waals surface area contributed by atoms with Crippen LogP contribution in [0.1, 0.15) is 42.9 Å². The molecule has 0 aliphatic carbocycles. The highest BCUT2D eigenvalue weighted by Gasteiger charge is 2.19. The predicted molar refractivity (Wildman–Crippen MR) is 115 cm³/mol. The molecule has 0 amide bonds. The van der Waals surface area contributed by atoms with Gasteiger partial charge in [-0.05, 0) is 52.0 Å². The maximum absolute atomic E-state index is 5.15. The van der Waals surface area contributed by atoms with E-state index in [4.69, 9.17) is 9.73 Å². The summed E-state index contributed by atoms with van der Waals surface area (Å²) in [6, 6.07) is 7.27. The van der Waals surface area contributed by atoms with Crippen molar-refractivity contribution >= 4 is 5.96 Å². The van der Waals surface area contributed by atoms with E-state index < -0.39 is 0 Å². The van der Waals surface area contributed by atoms with Crippen LogP contribution in [0.2, 0.25) is 0 Å². The van der Waals surface area contributed by atoms with Gasteiger partial charge in [0.05, 0.1) is 0 Å². The Hall–Kier alpha value is -1.59. The molecule has 0 bridgehead atoms. The van der Waals surface area contributed by atoms with E-state index in [2.05, 4.69) is 54.5 Å². The first-order chi connectivity index (χ1) is 13.1. The van der Waals surface area contributed by atoms with Gasteiger partial charge in [-0.3, -0.25) is 4.99 Å². The Morgan fingerprint density at radius 1 is 1.19 bits per heavy atom. The summed E-state index contributed by atoms with van der Waals surface area (Å²) >= 11 is 0. The van der Waals surface area contributed by atoms with Crippen LogP contribution in [0.4, 0.5) is 0 Å². The Morgan fingerprint density at radius 3 is 2.52 bits per heavy atom. The lowest BCUT2D eigenvalue weighted by molar-refractivity contribution is 0.155. The second kappa shape index (κ2) is 12.0. The molecule has 1 heterocycles. The third kappa shape index (κ3) is 8.31. The first-order valence-corrected chi connectivity index (χ1v) is 10.4. The highest BCUT2D eigenvalue weighted by atomic mass is 16.5. The van der Waals surface area contributed by atoms with E-state index in [-0.39, 0.29) is 0 Å². The van der Waals surface area contributed by atoms with Gasteiger partial charge in [0.15, 0.2) is 5.96 Å². The molecule has 2 rings (SSSR count). The average Bonchev–Trinajstić information content (AvgIpc) is 2.63. The molecule has 152 valence electrons. The van der Waals surface area contributed by atoms with Crippen LogP contribution in [0.25, 0.3) is 0 Å². The van der Waals surface area contributed by atoms with Crippen molar-refractivity contribution in [1.82, 2.24) is 15.5 Å². The van der Waals surface area contributed by atoms with Gasteiger partial charge in [0.2, 0.25) is 0 Å². The Balaban J connectivity index is 1.78. The minimum atomic E-state index is 0.516. The summed E-state index contributed by atoms with van der Waals surface area (Å²) in [5, 5.41) is 7.04. The Labute approximate surface area is 165 Å². The number of rotatable bonds is 9. The minimum absolute atomic E-state index is 0.516. The van der Waals surface area contributed by atoms with Crippen molar-refractivity contribution < 1.29 is 4.74 Å². The summed E-state index contributed by atoms with van der Waals surface area (Å²) in [5.74, 6) is 0.958. The fourth-order valence-corrected chi connectivity index (χ4v) is 3.76. The number of hydrogen-bond donors (Lipinski definition) is 2. The molecule has 1 fully saturated rings. The standard InChI is InChI=1S/C22H38N4O/c1-5-23-22(24-10-7-20-16-18(2)15-19(3)17-20)25-21-8-12-26(13-9-21)11-6-14-27-4/h15-17,21H,5-14H2,1-4H3,(H2,23,24,25). The van der Waals surface area contributed by atoms with Gasteiger partial charge >= 0.3 is 0 Å². The molecule has 0 aromatic heterocycles. The number of methoxy groups -OCH3 is 1. The van der Waals surface area contributed by atoms with Crippen molar-refractivity contribution in [1.29, 1.82) is 0 Å². The molecule has 1 saturated heterocycles. The molecule has 27 heavy (non-hydrogen) atoms. The van der Waals surface area contributed by atoms with Gasteiger partial charge in [0, 0.05) is 52.5 Å². The lowest BCUT2D eigenvalue weighted by Gasteiger charge is -2.33. The Morgan fingerprint density at radius 2 is 1.89 bits per heavy atom. The number of aryl methyl sites for hydroxylation is 2. The second-order valence-corrected chi connectivity index (χ2v) is 7.61. The zero-order chi connectivity index (χ0) is 19.5. The molecule has 5 heteroatoms. The zero-order valence-corrected chi connectivity index (χ0v) is 17.7. The van der Waals surface area contributed by atoms with Crippen molar-refractivity contribution in [3.05, 3.63) is 34.9 Å². The number of aliphatic imine (C=N–C) groups is 1. The van der Waals surface area contributed by atoms with Crippen molar-refractivity contribution in [2.24, 2.45) is 4.99 Å². The summed E-state index contributed by atoms with van der Waals surface area (Å²) in [6.45, 7) is 12.5. The van der Waals surface area contributed by atoms with E-state index >= 15 is 0 Å². The van der Waals surface area contributed by atoms with E-state index in [1.54, 1.807) is 7.11 Å². The quantitative estimate of drug-likeness (QED) is 0.396. The third-order valence-electron chi connectivity index (χ3n) is 5.05. The molecule has 0 unspecified atom stereocenters. The number of guanidine groups is 1. The molecule has 1 aromatic carbocycles. The van der Waals surface area contributed by atoms with Crippen molar-refractivity contribution in [3.63, 3.8) is 0 Å². The summed E-state index contributed by atoms with van der Waals surface area (Å²) in [7, 11) is 1.78. The van der Waals surface area contributed by atoms with Crippen LogP contribution < -0.4 is 10.6 Å². The van der Waals surface area contributed by atoms with Crippen molar-refractivity contribution in [3.8, 4) is 0 Å². The lowest BCUT2D eigenvalue weighted by Crippen LogP contribution is -2.49. The minimum Gasteiger partial charge on any atom is -0.385 e. The number of nitrogens with one attached hydrogen (secondary N) is 2. The van der Waals surface area contributed by atoms with Crippen LogP contribution >= 0.6 is 0 Å². The van der Waals surface area contributed by atoms with Crippen LogP contribution in [0.3, 0.4) is 0 Å². The summed E-state index contributed by atoms with van der Waals surface area (Å²) in [4.78, 5) is 7.35. The third-order valence-corrected chi connectivity index (χ3v) is 5.05. The number of benzene rings is 1. The smallest absolute Gasteiger partial charge is 0.191 e. The van der Waals surface area contributed by atoms with Crippen LogP contribution in [-0.4, -0.2) is 63.3 Å².